The Labute approximate surface area is 313 Å². The zero-order valence-electron chi connectivity index (χ0n) is 29.4. The molecule has 6 heteroatoms. The summed E-state index contributed by atoms with van der Waals surface area (Å²) in [4.78, 5) is 0. The quantitative estimate of drug-likeness (QED) is 0.0225. The van der Waals surface area contributed by atoms with Gasteiger partial charge in [-0.2, -0.15) is 0 Å². The normalized spacial score (nSPS) is 12.6. The molecule has 0 aromatic carbocycles. The molecule has 0 saturated carbocycles. The fraction of sp³-hybridized carbons (Fsp3) is 0.946. The molecule has 4 nitrogen and oxygen atoms in total. The third-order valence-corrected chi connectivity index (χ3v) is 9.16. The summed E-state index contributed by atoms with van der Waals surface area (Å²) in [5.74, 6) is 0.0161. The third kappa shape index (κ3) is 41.2. The Kier molecular flexibility index (Phi) is 40.7. The summed E-state index contributed by atoms with van der Waals surface area (Å²) < 4.78 is 37.5. The van der Waals surface area contributed by atoms with E-state index in [-0.39, 0.29) is 63.9 Å². The van der Waals surface area contributed by atoms with Crippen molar-refractivity contribution in [1.29, 1.82) is 0 Å². The van der Waals surface area contributed by atoms with Gasteiger partial charge in [0.05, 0.1) is 6.61 Å². The molecule has 0 radical (unpaired) electrons. The van der Waals surface area contributed by atoms with E-state index < -0.39 is 10.4 Å². The monoisotopic (exact) mass is 652 g/mol. The average molecular weight is 653 g/mol. The summed E-state index contributed by atoms with van der Waals surface area (Å²) in [6, 6.07) is 0. The van der Waals surface area contributed by atoms with Crippen molar-refractivity contribution in [2.75, 3.05) is 6.61 Å². The summed E-state index contributed by atoms with van der Waals surface area (Å²) in [6.45, 7) is 4.54. The second-order valence-corrected chi connectivity index (χ2v) is 14.1. The van der Waals surface area contributed by atoms with Gasteiger partial charge < -0.3 is 4.55 Å². The van der Waals surface area contributed by atoms with Gasteiger partial charge >= 0.3 is 51.4 Å². The van der Waals surface area contributed by atoms with Crippen molar-refractivity contribution < 1.29 is 68.5 Å². The van der Waals surface area contributed by atoms with Crippen LogP contribution in [0.25, 0.3) is 0 Å². The van der Waals surface area contributed by atoms with Crippen LogP contribution < -0.4 is 51.4 Å². The maximum absolute atomic E-state index is 11.0. The first-order valence-corrected chi connectivity index (χ1v) is 20.1. The van der Waals surface area contributed by atoms with Crippen molar-refractivity contribution in [2.45, 2.75) is 213 Å². The Morgan fingerprint density at radius 1 is 0.512 bits per heavy atom. The standard InChI is InChI=1S/C37H74O4S.K/c1-3-5-7-9-11-13-15-17-19-21-23-25-27-29-31-33-35-37(36-41-42(38,39)40)34-32-30-28-26-24-22-20-18-16-14-12-10-8-6-4-2;/h32,34,37H,3-31,33,35-36H2,1-2H3,(H,38,39,40);/q;+1/p-1/b34-32+;. The van der Waals surface area contributed by atoms with Gasteiger partial charge in [0.2, 0.25) is 10.4 Å². The first-order chi connectivity index (χ1) is 20.5. The third-order valence-electron chi connectivity index (χ3n) is 8.74. The minimum atomic E-state index is -4.62. The zero-order valence-corrected chi connectivity index (χ0v) is 33.3. The van der Waals surface area contributed by atoms with Gasteiger partial charge in [0.25, 0.3) is 0 Å². The molecule has 0 aliphatic carbocycles. The van der Waals surface area contributed by atoms with E-state index in [1.807, 2.05) is 0 Å². The molecule has 0 aliphatic heterocycles. The van der Waals surface area contributed by atoms with Gasteiger partial charge in [-0.3, -0.25) is 4.18 Å². The average Bonchev–Trinajstić information content (AvgIpc) is 2.96. The van der Waals surface area contributed by atoms with E-state index in [0.29, 0.717) is 0 Å². The Morgan fingerprint density at radius 3 is 1.14 bits per heavy atom. The van der Waals surface area contributed by atoms with Gasteiger partial charge in [0.15, 0.2) is 0 Å². The first kappa shape index (κ1) is 46.4. The largest absolute Gasteiger partial charge is 1.00 e. The summed E-state index contributed by atoms with van der Waals surface area (Å²) >= 11 is 0. The van der Waals surface area contributed by atoms with E-state index >= 15 is 0 Å². The molecule has 0 N–H and O–H groups in total. The van der Waals surface area contributed by atoms with Crippen LogP contribution in [0.1, 0.15) is 213 Å². The smallest absolute Gasteiger partial charge is 0.726 e. The molecule has 0 amide bonds. The summed E-state index contributed by atoms with van der Waals surface area (Å²) in [6.07, 6.45) is 45.3. The molecule has 1 atom stereocenters. The molecule has 0 saturated heterocycles. The van der Waals surface area contributed by atoms with Gasteiger partial charge in [-0.1, -0.05) is 206 Å². The van der Waals surface area contributed by atoms with Crippen LogP contribution in [0.15, 0.2) is 12.2 Å². The van der Waals surface area contributed by atoms with E-state index in [0.717, 1.165) is 19.3 Å². The first-order valence-electron chi connectivity index (χ1n) is 18.8. The molecule has 0 bridgehead atoms. The van der Waals surface area contributed by atoms with Crippen LogP contribution in [-0.2, 0) is 14.6 Å². The second-order valence-electron chi connectivity index (χ2n) is 13.0. The van der Waals surface area contributed by atoms with Crippen LogP contribution in [0.3, 0.4) is 0 Å². The Hall–Kier alpha value is 1.25. The van der Waals surface area contributed by atoms with Crippen molar-refractivity contribution in [3.8, 4) is 0 Å². The predicted molar refractivity (Wildman–Crippen MR) is 183 cm³/mol. The van der Waals surface area contributed by atoms with Gasteiger partial charge in [-0.25, -0.2) is 8.42 Å². The maximum atomic E-state index is 11.0. The van der Waals surface area contributed by atoms with Crippen LogP contribution in [0.4, 0.5) is 0 Å². The number of hydrogen-bond donors (Lipinski definition) is 0. The van der Waals surface area contributed by atoms with Crippen LogP contribution >= 0.6 is 0 Å². The number of hydrogen-bond acceptors (Lipinski definition) is 4. The molecule has 0 aromatic rings. The molecule has 0 rings (SSSR count). The molecule has 0 aliphatic rings. The van der Waals surface area contributed by atoms with E-state index in [2.05, 4.69) is 30.2 Å². The molecule has 43 heavy (non-hydrogen) atoms. The van der Waals surface area contributed by atoms with E-state index in [1.165, 1.54) is 180 Å². The van der Waals surface area contributed by atoms with Crippen LogP contribution in [-0.4, -0.2) is 19.6 Å². The molecule has 0 heterocycles. The van der Waals surface area contributed by atoms with E-state index in [1.54, 1.807) is 0 Å². The van der Waals surface area contributed by atoms with Crippen LogP contribution in [0.2, 0.25) is 0 Å². The fourth-order valence-corrected chi connectivity index (χ4v) is 6.27. The van der Waals surface area contributed by atoms with Crippen molar-refractivity contribution in [3.63, 3.8) is 0 Å². The van der Waals surface area contributed by atoms with Crippen LogP contribution in [0.5, 0.6) is 0 Å². The molecular formula is C37H73KO4S. The van der Waals surface area contributed by atoms with Crippen molar-refractivity contribution in [2.24, 2.45) is 5.92 Å². The summed E-state index contributed by atoms with van der Waals surface area (Å²) in [5, 5.41) is 0. The summed E-state index contributed by atoms with van der Waals surface area (Å²) in [7, 11) is -4.62. The Morgan fingerprint density at radius 2 is 0.814 bits per heavy atom. The molecule has 252 valence electrons. The molecule has 0 fully saturated rings. The van der Waals surface area contributed by atoms with E-state index in [9.17, 15) is 13.0 Å². The maximum Gasteiger partial charge on any atom is 1.00 e. The van der Waals surface area contributed by atoms with Crippen molar-refractivity contribution >= 4 is 10.4 Å². The number of unbranched alkanes of at least 4 members (excludes halogenated alkanes) is 28. The predicted octanol–water partition coefficient (Wildman–Crippen LogP) is 9.77. The topological polar surface area (TPSA) is 66.4 Å². The van der Waals surface area contributed by atoms with E-state index in [4.69, 9.17) is 0 Å². The van der Waals surface area contributed by atoms with Crippen molar-refractivity contribution in [3.05, 3.63) is 12.2 Å². The molecule has 0 spiro atoms. The minimum absolute atomic E-state index is 0. The second kappa shape index (κ2) is 37.7. The molecule has 0 aromatic heterocycles. The van der Waals surface area contributed by atoms with Crippen molar-refractivity contribution in [1.82, 2.24) is 0 Å². The summed E-state index contributed by atoms with van der Waals surface area (Å²) in [5.41, 5.74) is 0. The minimum Gasteiger partial charge on any atom is -0.726 e. The van der Waals surface area contributed by atoms with Gasteiger partial charge in [0, 0.05) is 5.92 Å². The van der Waals surface area contributed by atoms with Gasteiger partial charge in [-0.05, 0) is 19.3 Å². The Bertz CT molecular complexity index is 653. The number of rotatable bonds is 35. The fourth-order valence-electron chi connectivity index (χ4n) is 5.93. The molecular weight excluding hydrogens is 580 g/mol. The van der Waals surface area contributed by atoms with Gasteiger partial charge in [-0.15, -0.1) is 0 Å². The van der Waals surface area contributed by atoms with Crippen LogP contribution in [0, 0.1) is 5.92 Å². The Balaban J connectivity index is 0. The molecule has 1 unspecified atom stereocenters. The van der Waals surface area contributed by atoms with Gasteiger partial charge in [0.1, 0.15) is 0 Å². The zero-order chi connectivity index (χ0) is 30.8. The SMILES string of the molecule is CCCCCCCCCCCCCCC/C=C/C(CCCCCCCCCCCCCCCCCC)COS(=O)(=O)[O-].[K+]. The number of allylic oxidation sites excluding steroid dienone is 1.